The Bertz CT molecular complexity index is 1450. The zero-order valence-corrected chi connectivity index (χ0v) is 21.7. The third-order valence-electron chi connectivity index (χ3n) is 7.24. The maximum atomic E-state index is 15.5. The molecular weight excluding hydrogens is 483 g/mol. The summed E-state index contributed by atoms with van der Waals surface area (Å²) in [5, 5.41) is 4.09. The molecule has 0 amide bonds. The minimum atomic E-state index is -0.318. The molecule has 0 radical (unpaired) electrons. The van der Waals surface area contributed by atoms with Gasteiger partial charge in [-0.3, -0.25) is 4.98 Å². The number of pyridine rings is 3. The number of halogens is 1. The second-order valence-corrected chi connectivity index (χ2v) is 9.65. The van der Waals surface area contributed by atoms with E-state index in [9.17, 15) is 0 Å². The fraction of sp³-hybridized carbons (Fsp3) is 0.345. The number of nitrogens with one attached hydrogen (secondary N) is 1. The van der Waals surface area contributed by atoms with Crippen LogP contribution in [0.25, 0.3) is 22.3 Å². The van der Waals surface area contributed by atoms with Crippen LogP contribution in [0.1, 0.15) is 11.1 Å². The summed E-state index contributed by atoms with van der Waals surface area (Å²) in [6, 6.07) is 11.1. The highest BCUT2D eigenvalue weighted by molar-refractivity contribution is 6.00. The number of hydrogen-bond acceptors (Lipinski definition) is 8. The van der Waals surface area contributed by atoms with E-state index in [-0.39, 0.29) is 5.82 Å². The van der Waals surface area contributed by atoms with Crippen LogP contribution in [-0.4, -0.2) is 67.6 Å². The Morgan fingerprint density at radius 1 is 0.895 bits per heavy atom. The molecule has 0 spiro atoms. The summed E-state index contributed by atoms with van der Waals surface area (Å²) >= 11 is 0. The highest BCUT2D eigenvalue weighted by Gasteiger charge is 2.23. The summed E-state index contributed by atoms with van der Waals surface area (Å²) in [5.74, 6) is 0.503. The molecule has 196 valence electrons. The van der Waals surface area contributed by atoms with Crippen molar-refractivity contribution >= 4 is 33.8 Å². The quantitative estimate of drug-likeness (QED) is 0.405. The molecule has 4 aromatic rings. The lowest BCUT2D eigenvalue weighted by Gasteiger charge is -2.32. The second-order valence-electron chi connectivity index (χ2n) is 9.65. The first kappa shape index (κ1) is 24.5. The van der Waals surface area contributed by atoms with Gasteiger partial charge in [0, 0.05) is 37.9 Å². The molecule has 2 fully saturated rings. The summed E-state index contributed by atoms with van der Waals surface area (Å²) < 4.78 is 26.7. The minimum absolute atomic E-state index is 0.318. The third-order valence-corrected chi connectivity index (χ3v) is 7.24. The average molecular weight is 515 g/mol. The van der Waals surface area contributed by atoms with Crippen molar-refractivity contribution in [2.24, 2.45) is 0 Å². The molecule has 0 aliphatic carbocycles. The van der Waals surface area contributed by atoms with Crippen LogP contribution in [0.15, 0.2) is 48.8 Å². The Morgan fingerprint density at radius 3 is 2.34 bits per heavy atom. The molecule has 0 atom stereocenters. The molecule has 6 rings (SSSR count). The average Bonchev–Trinajstić information content (AvgIpc) is 2.97. The summed E-state index contributed by atoms with van der Waals surface area (Å²) in [6.45, 7) is 9.63. The molecular formula is C29H31FN6O2. The van der Waals surface area contributed by atoms with Crippen molar-refractivity contribution in [2.45, 2.75) is 13.8 Å². The first-order valence-corrected chi connectivity index (χ1v) is 13.0. The van der Waals surface area contributed by atoms with Gasteiger partial charge in [0.15, 0.2) is 5.82 Å². The van der Waals surface area contributed by atoms with Gasteiger partial charge in [-0.05, 0) is 43.7 Å². The number of benzene rings is 1. The smallest absolute Gasteiger partial charge is 0.152 e. The molecule has 1 N–H and O–H groups in total. The Balaban J connectivity index is 1.53. The normalized spacial score (nSPS) is 16.2. The van der Waals surface area contributed by atoms with Crippen molar-refractivity contribution < 1.29 is 13.9 Å². The highest BCUT2D eigenvalue weighted by atomic mass is 19.1. The van der Waals surface area contributed by atoms with Gasteiger partial charge in [-0.25, -0.2) is 14.4 Å². The van der Waals surface area contributed by atoms with E-state index < -0.39 is 0 Å². The van der Waals surface area contributed by atoms with Crippen molar-refractivity contribution in [1.82, 2.24) is 15.0 Å². The Kier molecular flexibility index (Phi) is 6.78. The van der Waals surface area contributed by atoms with Crippen molar-refractivity contribution in [1.29, 1.82) is 0 Å². The predicted molar refractivity (Wildman–Crippen MR) is 148 cm³/mol. The van der Waals surface area contributed by atoms with Crippen LogP contribution < -0.4 is 15.1 Å². The number of morpholine rings is 2. The molecule has 5 heterocycles. The Labute approximate surface area is 221 Å². The number of aryl methyl sites for hydroxylation is 1. The van der Waals surface area contributed by atoms with Gasteiger partial charge >= 0.3 is 0 Å². The summed E-state index contributed by atoms with van der Waals surface area (Å²) in [6.07, 6.45) is 3.67. The number of fused-ring (bicyclic) bond motifs is 1. The fourth-order valence-electron chi connectivity index (χ4n) is 5.16. The van der Waals surface area contributed by atoms with Crippen LogP contribution in [0.2, 0.25) is 0 Å². The lowest BCUT2D eigenvalue weighted by Crippen LogP contribution is -2.38. The standard InChI is InChI=1S/C29H31FN6O2/c1-19-6-7-22(30)25-26(19)34-27(23-5-3-4-8-31-23)20(2)28(25)33-24-17-21(35-9-13-37-14-10-35)18-32-29(24)36-11-15-38-16-12-36/h3-8,17-18H,9-16H2,1-2H3,(H,33,34). The minimum Gasteiger partial charge on any atom is -0.378 e. The molecule has 8 nitrogen and oxygen atoms in total. The maximum Gasteiger partial charge on any atom is 0.152 e. The van der Waals surface area contributed by atoms with Crippen LogP contribution in [0.4, 0.5) is 27.3 Å². The van der Waals surface area contributed by atoms with Gasteiger partial charge in [0.2, 0.25) is 0 Å². The number of rotatable bonds is 5. The van der Waals surface area contributed by atoms with Crippen molar-refractivity contribution in [3.8, 4) is 11.4 Å². The van der Waals surface area contributed by atoms with E-state index in [0.29, 0.717) is 43.0 Å². The van der Waals surface area contributed by atoms with E-state index >= 15 is 4.39 Å². The molecule has 0 saturated carbocycles. The number of hydrogen-bond donors (Lipinski definition) is 1. The van der Waals surface area contributed by atoms with Crippen molar-refractivity contribution in [2.75, 3.05) is 67.7 Å². The molecule has 9 heteroatoms. The van der Waals surface area contributed by atoms with Gasteiger partial charge < -0.3 is 24.6 Å². The molecule has 0 unspecified atom stereocenters. The molecule has 38 heavy (non-hydrogen) atoms. The van der Waals surface area contributed by atoms with E-state index in [1.165, 1.54) is 6.07 Å². The van der Waals surface area contributed by atoms with Crippen LogP contribution in [0, 0.1) is 19.7 Å². The summed E-state index contributed by atoms with van der Waals surface area (Å²) in [7, 11) is 0. The van der Waals surface area contributed by atoms with Gasteiger partial charge in [0.25, 0.3) is 0 Å². The summed E-state index contributed by atoms with van der Waals surface area (Å²) in [5.41, 5.74) is 6.30. The molecule has 1 aromatic carbocycles. The first-order chi connectivity index (χ1) is 18.6. The van der Waals surface area contributed by atoms with E-state index in [1.54, 1.807) is 12.3 Å². The molecule has 2 aliphatic rings. The number of aromatic nitrogens is 3. The van der Waals surface area contributed by atoms with E-state index in [4.69, 9.17) is 19.4 Å². The van der Waals surface area contributed by atoms with Crippen LogP contribution in [0.5, 0.6) is 0 Å². The molecule has 0 bridgehead atoms. The van der Waals surface area contributed by atoms with Gasteiger partial charge in [-0.1, -0.05) is 12.1 Å². The van der Waals surface area contributed by atoms with Crippen LogP contribution >= 0.6 is 0 Å². The third kappa shape index (κ3) is 4.63. The van der Waals surface area contributed by atoms with Gasteiger partial charge in [0.05, 0.1) is 72.0 Å². The molecule has 3 aromatic heterocycles. The summed E-state index contributed by atoms with van der Waals surface area (Å²) in [4.78, 5) is 18.8. The van der Waals surface area contributed by atoms with Crippen LogP contribution in [0.3, 0.4) is 0 Å². The van der Waals surface area contributed by atoms with Crippen molar-refractivity contribution in [3.63, 3.8) is 0 Å². The lowest BCUT2D eigenvalue weighted by atomic mass is 10.0. The van der Waals surface area contributed by atoms with Gasteiger partial charge in [0.1, 0.15) is 5.82 Å². The monoisotopic (exact) mass is 514 g/mol. The van der Waals surface area contributed by atoms with E-state index in [2.05, 4.69) is 26.2 Å². The zero-order chi connectivity index (χ0) is 26.1. The molecule has 2 aliphatic heterocycles. The van der Waals surface area contributed by atoms with Crippen molar-refractivity contribution in [3.05, 3.63) is 65.7 Å². The van der Waals surface area contributed by atoms with Gasteiger partial charge in [-0.15, -0.1) is 0 Å². The van der Waals surface area contributed by atoms with Crippen LogP contribution in [-0.2, 0) is 9.47 Å². The second kappa shape index (κ2) is 10.5. The van der Waals surface area contributed by atoms with E-state index in [0.717, 1.165) is 65.9 Å². The first-order valence-electron chi connectivity index (χ1n) is 13.0. The van der Waals surface area contributed by atoms with Gasteiger partial charge in [-0.2, -0.15) is 0 Å². The predicted octanol–water partition coefficient (Wildman–Crippen LogP) is 4.86. The fourth-order valence-corrected chi connectivity index (χ4v) is 5.16. The SMILES string of the molecule is Cc1c(-c2ccccn2)nc2c(C)ccc(F)c2c1Nc1cc(N2CCOCC2)cnc1N1CCOCC1. The molecule has 2 saturated heterocycles. The van der Waals surface area contributed by atoms with E-state index in [1.807, 2.05) is 38.2 Å². The zero-order valence-electron chi connectivity index (χ0n) is 21.7. The number of nitrogens with zero attached hydrogens (tertiary/aromatic N) is 5. The maximum absolute atomic E-state index is 15.5. The number of ether oxygens (including phenoxy) is 2. The largest absolute Gasteiger partial charge is 0.378 e. The Hall–Kier alpha value is -3.82. The topological polar surface area (TPSA) is 75.6 Å². The number of anilines is 4. The Morgan fingerprint density at radius 2 is 1.63 bits per heavy atom. The lowest BCUT2D eigenvalue weighted by molar-refractivity contribution is 0.122. The highest BCUT2D eigenvalue weighted by Crippen LogP contribution is 2.39.